The van der Waals surface area contributed by atoms with Crippen LogP contribution in [0.2, 0.25) is 0 Å². The third-order valence-corrected chi connectivity index (χ3v) is 3.54. The molecule has 2 aromatic carbocycles. The Morgan fingerprint density at radius 2 is 1.83 bits per heavy atom. The van der Waals surface area contributed by atoms with Gasteiger partial charge in [-0.25, -0.2) is 0 Å². The molecule has 0 fully saturated rings. The summed E-state index contributed by atoms with van der Waals surface area (Å²) in [4.78, 5) is 27.7. The molecule has 0 unspecified atom stereocenters. The van der Waals surface area contributed by atoms with Crippen molar-refractivity contribution in [1.82, 2.24) is 5.32 Å². The number of anilines is 2. The highest BCUT2D eigenvalue weighted by molar-refractivity contribution is 6.06. The van der Waals surface area contributed by atoms with Crippen LogP contribution >= 0.6 is 0 Å². The summed E-state index contributed by atoms with van der Waals surface area (Å²) >= 11 is 0. The number of benzene rings is 2. The fourth-order valence-electron chi connectivity index (χ4n) is 2.45. The molecule has 0 bridgehead atoms. The van der Waals surface area contributed by atoms with Gasteiger partial charge >= 0.3 is 0 Å². The summed E-state index contributed by atoms with van der Waals surface area (Å²) in [5.41, 5.74) is 2.84. The number of hydrogen-bond acceptors (Lipinski definition) is 4. The molecule has 24 heavy (non-hydrogen) atoms. The predicted octanol–water partition coefficient (Wildman–Crippen LogP) is 2.25. The van der Waals surface area contributed by atoms with E-state index >= 15 is 0 Å². The summed E-state index contributed by atoms with van der Waals surface area (Å²) in [5, 5.41) is 8.75. The van der Waals surface area contributed by atoms with Crippen LogP contribution < -0.4 is 16.0 Å². The highest BCUT2D eigenvalue weighted by atomic mass is 16.2. The van der Waals surface area contributed by atoms with Crippen molar-refractivity contribution >= 4 is 29.0 Å². The Kier molecular flexibility index (Phi) is 4.56. The van der Waals surface area contributed by atoms with Gasteiger partial charge in [0, 0.05) is 36.0 Å². The Balaban J connectivity index is 1.70. The lowest BCUT2D eigenvalue weighted by Gasteiger charge is -2.09. The zero-order chi connectivity index (χ0) is 16.9. The second-order valence-corrected chi connectivity index (χ2v) is 5.45. The molecular formula is C18H18N4O2. The summed E-state index contributed by atoms with van der Waals surface area (Å²) in [7, 11) is 0. The van der Waals surface area contributed by atoms with Gasteiger partial charge in [0.25, 0.3) is 5.91 Å². The van der Waals surface area contributed by atoms with Crippen LogP contribution in [0.4, 0.5) is 11.4 Å². The van der Waals surface area contributed by atoms with Crippen molar-refractivity contribution in [3.05, 3.63) is 59.7 Å². The van der Waals surface area contributed by atoms with Crippen LogP contribution in [0.15, 0.2) is 53.5 Å². The topological polar surface area (TPSA) is 82.6 Å². The number of nitrogens with zero attached hydrogens (tertiary/aromatic N) is 1. The third-order valence-electron chi connectivity index (χ3n) is 3.54. The fourth-order valence-corrected chi connectivity index (χ4v) is 2.45. The molecule has 0 saturated carbocycles. The molecule has 0 atom stereocenters. The Morgan fingerprint density at radius 3 is 2.50 bits per heavy atom. The number of aliphatic imine (C=N–C) groups is 1. The second kappa shape index (κ2) is 6.95. The van der Waals surface area contributed by atoms with Gasteiger partial charge in [0.1, 0.15) is 5.84 Å². The highest BCUT2D eigenvalue weighted by Gasteiger charge is 2.10. The first-order valence-electron chi connectivity index (χ1n) is 7.69. The van der Waals surface area contributed by atoms with Crippen LogP contribution in [-0.4, -0.2) is 30.7 Å². The summed E-state index contributed by atoms with van der Waals surface area (Å²) in [6.45, 7) is 3.05. The van der Waals surface area contributed by atoms with Gasteiger partial charge in [0.2, 0.25) is 5.91 Å². The van der Waals surface area contributed by atoms with Crippen molar-refractivity contribution in [3.8, 4) is 0 Å². The lowest BCUT2D eigenvalue weighted by Crippen LogP contribution is -2.19. The van der Waals surface area contributed by atoms with Crippen LogP contribution in [0.3, 0.4) is 0 Å². The summed E-state index contributed by atoms with van der Waals surface area (Å²) < 4.78 is 0. The maximum atomic E-state index is 12.3. The monoisotopic (exact) mass is 322 g/mol. The fraction of sp³-hybridized carbons (Fsp3) is 0.167. The van der Waals surface area contributed by atoms with Crippen molar-refractivity contribution in [3.63, 3.8) is 0 Å². The molecule has 6 heteroatoms. The zero-order valence-electron chi connectivity index (χ0n) is 13.3. The number of rotatable bonds is 4. The van der Waals surface area contributed by atoms with Crippen molar-refractivity contribution in [2.75, 3.05) is 23.7 Å². The largest absolute Gasteiger partial charge is 0.368 e. The molecule has 1 aliphatic rings. The minimum Gasteiger partial charge on any atom is -0.368 e. The average Bonchev–Trinajstić information content (AvgIpc) is 3.10. The van der Waals surface area contributed by atoms with Crippen LogP contribution in [0, 0.1) is 0 Å². The lowest BCUT2D eigenvalue weighted by atomic mass is 10.1. The Morgan fingerprint density at radius 1 is 1.04 bits per heavy atom. The van der Waals surface area contributed by atoms with Gasteiger partial charge in [-0.05, 0) is 36.4 Å². The van der Waals surface area contributed by atoms with E-state index in [9.17, 15) is 9.59 Å². The van der Waals surface area contributed by atoms with Crippen molar-refractivity contribution in [2.24, 2.45) is 4.99 Å². The van der Waals surface area contributed by atoms with E-state index in [-0.39, 0.29) is 11.8 Å². The van der Waals surface area contributed by atoms with Gasteiger partial charge < -0.3 is 16.0 Å². The Bertz CT molecular complexity index is 797. The van der Waals surface area contributed by atoms with Crippen molar-refractivity contribution in [2.45, 2.75) is 6.92 Å². The van der Waals surface area contributed by atoms with E-state index in [2.05, 4.69) is 20.9 Å². The molecule has 3 rings (SSSR count). The first-order valence-corrected chi connectivity index (χ1v) is 7.69. The molecule has 6 nitrogen and oxygen atoms in total. The van der Waals surface area contributed by atoms with Gasteiger partial charge in [-0.15, -0.1) is 0 Å². The normalized spacial score (nSPS) is 13.0. The molecular weight excluding hydrogens is 304 g/mol. The van der Waals surface area contributed by atoms with E-state index in [0.717, 1.165) is 24.5 Å². The van der Waals surface area contributed by atoms with Crippen LogP contribution in [0.1, 0.15) is 22.8 Å². The maximum Gasteiger partial charge on any atom is 0.255 e. The van der Waals surface area contributed by atoms with Gasteiger partial charge in [-0.3, -0.25) is 14.6 Å². The molecule has 0 spiro atoms. The first kappa shape index (κ1) is 15.7. The molecule has 122 valence electrons. The molecule has 1 heterocycles. The number of nitrogens with one attached hydrogen (secondary N) is 3. The standard InChI is InChI=1S/C18H18N4O2/c1-12(23)21-15-7-5-13(6-8-15)18(24)22-16-4-2-3-14(11-16)17-19-9-10-20-17/h2-8,11H,9-10H2,1H3,(H,19,20)(H,21,23)(H,22,24). The van der Waals surface area contributed by atoms with E-state index in [4.69, 9.17) is 0 Å². The maximum absolute atomic E-state index is 12.3. The molecule has 0 aliphatic carbocycles. The molecule has 2 amide bonds. The molecule has 0 radical (unpaired) electrons. The van der Waals surface area contributed by atoms with Crippen LogP contribution in [-0.2, 0) is 4.79 Å². The molecule has 1 aliphatic heterocycles. The van der Waals surface area contributed by atoms with Crippen LogP contribution in [0.25, 0.3) is 0 Å². The Hall–Kier alpha value is -3.15. The van der Waals surface area contributed by atoms with E-state index < -0.39 is 0 Å². The quantitative estimate of drug-likeness (QED) is 0.807. The molecule has 0 saturated heterocycles. The molecule has 3 N–H and O–H groups in total. The van der Waals surface area contributed by atoms with E-state index in [1.165, 1.54) is 6.92 Å². The SMILES string of the molecule is CC(=O)Nc1ccc(C(=O)Nc2cccc(C3=NCCN3)c2)cc1. The summed E-state index contributed by atoms with van der Waals surface area (Å²) in [6, 6.07) is 14.3. The minimum absolute atomic E-state index is 0.146. The first-order chi connectivity index (χ1) is 11.6. The summed E-state index contributed by atoms with van der Waals surface area (Å²) in [5.74, 6) is 0.501. The molecule has 0 aromatic heterocycles. The molecule has 2 aromatic rings. The smallest absolute Gasteiger partial charge is 0.255 e. The van der Waals surface area contributed by atoms with Gasteiger partial charge in [0.15, 0.2) is 0 Å². The number of amidine groups is 1. The van der Waals surface area contributed by atoms with E-state index in [1.54, 1.807) is 24.3 Å². The third kappa shape index (κ3) is 3.78. The number of carbonyl (C=O) groups is 2. The van der Waals surface area contributed by atoms with Gasteiger partial charge in [-0.2, -0.15) is 0 Å². The van der Waals surface area contributed by atoms with E-state index in [1.807, 2.05) is 24.3 Å². The van der Waals surface area contributed by atoms with E-state index in [0.29, 0.717) is 16.9 Å². The Labute approximate surface area is 140 Å². The number of hydrogen-bond donors (Lipinski definition) is 3. The average molecular weight is 322 g/mol. The van der Waals surface area contributed by atoms with Gasteiger partial charge in [0.05, 0.1) is 6.54 Å². The van der Waals surface area contributed by atoms with Crippen molar-refractivity contribution in [1.29, 1.82) is 0 Å². The summed E-state index contributed by atoms with van der Waals surface area (Å²) in [6.07, 6.45) is 0. The zero-order valence-corrected chi connectivity index (χ0v) is 13.3. The lowest BCUT2D eigenvalue weighted by molar-refractivity contribution is -0.114. The highest BCUT2D eigenvalue weighted by Crippen LogP contribution is 2.15. The predicted molar refractivity (Wildman–Crippen MR) is 94.5 cm³/mol. The van der Waals surface area contributed by atoms with Gasteiger partial charge in [-0.1, -0.05) is 12.1 Å². The second-order valence-electron chi connectivity index (χ2n) is 5.45. The minimum atomic E-state index is -0.206. The number of amides is 2. The van der Waals surface area contributed by atoms with Crippen molar-refractivity contribution < 1.29 is 9.59 Å². The van der Waals surface area contributed by atoms with Crippen LogP contribution in [0.5, 0.6) is 0 Å². The number of carbonyl (C=O) groups excluding carboxylic acids is 2.